The van der Waals surface area contributed by atoms with E-state index in [9.17, 15) is 4.79 Å². The fourth-order valence-electron chi connectivity index (χ4n) is 1.82. The van der Waals surface area contributed by atoms with Crippen molar-refractivity contribution in [2.75, 3.05) is 7.11 Å². The zero-order valence-electron chi connectivity index (χ0n) is 11.8. The van der Waals surface area contributed by atoms with Gasteiger partial charge in [0.25, 0.3) is 0 Å². The minimum atomic E-state index is -0.387. The smallest absolute Gasteiger partial charge is 0.191 e. The van der Waals surface area contributed by atoms with Gasteiger partial charge in [0.1, 0.15) is 11.9 Å². The lowest BCUT2D eigenvalue weighted by Crippen LogP contribution is -2.28. The van der Waals surface area contributed by atoms with Gasteiger partial charge in [0.05, 0.1) is 6.10 Å². The Morgan fingerprint density at radius 1 is 1.06 bits per heavy atom. The van der Waals surface area contributed by atoms with Crippen LogP contribution in [0.5, 0.6) is 5.75 Å². The summed E-state index contributed by atoms with van der Waals surface area (Å²) >= 11 is 0. The van der Waals surface area contributed by atoms with Crippen LogP contribution in [0.4, 0.5) is 0 Å². The van der Waals surface area contributed by atoms with Gasteiger partial charge in [-0.3, -0.25) is 4.79 Å². The van der Waals surface area contributed by atoms with Gasteiger partial charge in [-0.25, -0.2) is 0 Å². The normalized spacial score (nSPS) is 12.8. The van der Waals surface area contributed by atoms with Crippen molar-refractivity contribution < 1.29 is 14.3 Å². The van der Waals surface area contributed by atoms with E-state index in [2.05, 4.69) is 0 Å². The fourth-order valence-corrected chi connectivity index (χ4v) is 1.82. The molecule has 1 rings (SSSR count). The second-order valence-electron chi connectivity index (χ2n) is 4.96. The molecule has 1 aromatic carbocycles. The summed E-state index contributed by atoms with van der Waals surface area (Å²) < 4.78 is 10.8. The van der Waals surface area contributed by atoms with Crippen molar-refractivity contribution in [1.82, 2.24) is 0 Å². The average Bonchev–Trinajstić information content (AvgIpc) is 2.29. The van der Waals surface area contributed by atoms with E-state index in [0.29, 0.717) is 5.56 Å². The van der Waals surface area contributed by atoms with Crippen LogP contribution < -0.4 is 4.74 Å². The lowest BCUT2D eigenvalue weighted by atomic mass is 9.97. The Labute approximate surface area is 109 Å². The highest BCUT2D eigenvalue weighted by Crippen LogP contribution is 2.18. The number of ketones is 1. The number of carbonyl (C=O) groups excluding carboxylic acids is 1. The summed E-state index contributed by atoms with van der Waals surface area (Å²) in [6, 6.07) is 7.21. The molecule has 0 aliphatic heterocycles. The van der Waals surface area contributed by atoms with Gasteiger partial charge in [-0.05, 0) is 44.0 Å². The summed E-state index contributed by atoms with van der Waals surface area (Å²) in [7, 11) is 1.57. The maximum Gasteiger partial charge on any atom is 0.191 e. The Bertz CT molecular complexity index is 379. The molecule has 3 nitrogen and oxygen atoms in total. The van der Waals surface area contributed by atoms with Crippen molar-refractivity contribution in [3.63, 3.8) is 0 Å². The molecule has 1 aromatic rings. The molecule has 0 N–H and O–H groups in total. The zero-order chi connectivity index (χ0) is 13.7. The summed E-state index contributed by atoms with van der Waals surface area (Å²) in [5.74, 6) is 0.956. The predicted octanol–water partition coefficient (Wildman–Crippen LogP) is 3.33. The van der Waals surface area contributed by atoms with Gasteiger partial charge in [-0.2, -0.15) is 0 Å². The molecule has 3 heteroatoms. The van der Waals surface area contributed by atoms with E-state index in [4.69, 9.17) is 9.47 Å². The number of hydrogen-bond acceptors (Lipinski definition) is 3. The van der Waals surface area contributed by atoms with Crippen LogP contribution in [0.25, 0.3) is 0 Å². The van der Waals surface area contributed by atoms with Gasteiger partial charge in [0.2, 0.25) is 0 Å². The molecule has 100 valence electrons. The zero-order valence-corrected chi connectivity index (χ0v) is 11.8. The Morgan fingerprint density at radius 2 is 1.61 bits per heavy atom. The Balaban J connectivity index is 2.81. The van der Waals surface area contributed by atoms with Crippen LogP contribution in [0.15, 0.2) is 24.3 Å². The lowest BCUT2D eigenvalue weighted by Gasteiger charge is -2.18. The Kier molecular flexibility index (Phi) is 5.35. The van der Waals surface area contributed by atoms with Crippen LogP contribution in [-0.2, 0) is 4.74 Å². The number of methoxy groups -OCH3 is 1. The summed E-state index contributed by atoms with van der Waals surface area (Å²) in [6.45, 7) is 7.89. The van der Waals surface area contributed by atoms with E-state index < -0.39 is 0 Å². The van der Waals surface area contributed by atoms with Gasteiger partial charge < -0.3 is 9.47 Å². The maximum absolute atomic E-state index is 12.2. The van der Waals surface area contributed by atoms with Crippen molar-refractivity contribution in [2.45, 2.75) is 39.9 Å². The molecule has 0 amide bonds. The molecule has 0 aliphatic carbocycles. The first-order valence-corrected chi connectivity index (χ1v) is 6.29. The van der Waals surface area contributed by atoms with Crippen molar-refractivity contribution in [3.05, 3.63) is 29.8 Å². The molecule has 0 bridgehead atoms. The molecule has 0 saturated heterocycles. The molecule has 0 saturated carbocycles. The Morgan fingerprint density at radius 3 is 2.00 bits per heavy atom. The first kappa shape index (κ1) is 14.7. The molecule has 18 heavy (non-hydrogen) atoms. The number of benzene rings is 1. The molecule has 0 fully saturated rings. The number of carbonyl (C=O) groups is 1. The highest BCUT2D eigenvalue weighted by Gasteiger charge is 2.22. The second-order valence-corrected chi connectivity index (χ2v) is 4.96. The molecular weight excluding hydrogens is 228 g/mol. The summed E-state index contributed by atoms with van der Waals surface area (Å²) in [4.78, 5) is 12.2. The minimum absolute atomic E-state index is 0.0172. The topological polar surface area (TPSA) is 35.5 Å². The van der Waals surface area contributed by atoms with Gasteiger partial charge in [0.15, 0.2) is 5.78 Å². The van der Waals surface area contributed by atoms with Crippen LogP contribution in [0, 0.1) is 5.92 Å². The standard InChI is InChI=1S/C15H22O3/c1-10(2)15(17-5)14(16)12-6-8-13(9-7-12)18-11(3)4/h6-11,15H,1-5H3. The van der Waals surface area contributed by atoms with Crippen LogP contribution >= 0.6 is 0 Å². The van der Waals surface area contributed by atoms with Crippen molar-refractivity contribution in [2.24, 2.45) is 5.92 Å². The van der Waals surface area contributed by atoms with Crippen LogP contribution in [-0.4, -0.2) is 25.1 Å². The summed E-state index contributed by atoms with van der Waals surface area (Å²) in [6.07, 6.45) is -0.254. The molecule has 0 radical (unpaired) electrons. The maximum atomic E-state index is 12.2. The SMILES string of the molecule is COC(C(=O)c1ccc(OC(C)C)cc1)C(C)C. The highest BCUT2D eigenvalue weighted by molar-refractivity contribution is 5.99. The number of ether oxygens (including phenoxy) is 2. The first-order valence-electron chi connectivity index (χ1n) is 6.29. The fraction of sp³-hybridized carbons (Fsp3) is 0.533. The lowest BCUT2D eigenvalue weighted by molar-refractivity contribution is 0.0458. The van der Waals surface area contributed by atoms with Crippen molar-refractivity contribution in [3.8, 4) is 5.75 Å². The number of hydrogen-bond donors (Lipinski definition) is 0. The van der Waals surface area contributed by atoms with E-state index in [1.807, 2.05) is 39.8 Å². The van der Waals surface area contributed by atoms with Gasteiger partial charge in [0, 0.05) is 12.7 Å². The monoisotopic (exact) mass is 250 g/mol. The van der Waals surface area contributed by atoms with Gasteiger partial charge in [-0.1, -0.05) is 13.8 Å². The third kappa shape index (κ3) is 3.84. The molecule has 1 unspecified atom stereocenters. The van der Waals surface area contributed by atoms with E-state index in [1.54, 1.807) is 19.2 Å². The van der Waals surface area contributed by atoms with E-state index in [1.165, 1.54) is 0 Å². The largest absolute Gasteiger partial charge is 0.491 e. The highest BCUT2D eigenvalue weighted by atomic mass is 16.5. The Hall–Kier alpha value is -1.35. The van der Waals surface area contributed by atoms with E-state index in [-0.39, 0.29) is 23.9 Å². The molecule has 0 spiro atoms. The van der Waals surface area contributed by atoms with Gasteiger partial charge in [-0.15, -0.1) is 0 Å². The quantitative estimate of drug-likeness (QED) is 0.726. The third-order valence-corrected chi connectivity index (χ3v) is 2.63. The van der Waals surface area contributed by atoms with Gasteiger partial charge >= 0.3 is 0 Å². The summed E-state index contributed by atoms with van der Waals surface area (Å²) in [5.41, 5.74) is 0.659. The first-order chi connectivity index (χ1) is 8.45. The molecule has 0 heterocycles. The van der Waals surface area contributed by atoms with E-state index >= 15 is 0 Å². The molecule has 0 aromatic heterocycles. The van der Waals surface area contributed by atoms with Crippen molar-refractivity contribution in [1.29, 1.82) is 0 Å². The average molecular weight is 250 g/mol. The summed E-state index contributed by atoms with van der Waals surface area (Å²) in [5, 5.41) is 0. The number of Topliss-reactive ketones (excluding diaryl/α,β-unsaturated/α-hetero) is 1. The van der Waals surface area contributed by atoms with Crippen LogP contribution in [0.1, 0.15) is 38.1 Å². The number of rotatable bonds is 6. The van der Waals surface area contributed by atoms with Crippen LogP contribution in [0.2, 0.25) is 0 Å². The molecule has 1 atom stereocenters. The van der Waals surface area contributed by atoms with E-state index in [0.717, 1.165) is 5.75 Å². The minimum Gasteiger partial charge on any atom is -0.491 e. The third-order valence-electron chi connectivity index (χ3n) is 2.63. The molecular formula is C15H22O3. The van der Waals surface area contributed by atoms with Crippen LogP contribution in [0.3, 0.4) is 0 Å². The predicted molar refractivity (Wildman–Crippen MR) is 72.2 cm³/mol. The second kappa shape index (κ2) is 6.55. The molecule has 0 aliphatic rings. The van der Waals surface area contributed by atoms with Crippen molar-refractivity contribution >= 4 is 5.78 Å².